The van der Waals surface area contributed by atoms with E-state index in [1.54, 1.807) is 18.2 Å². The van der Waals surface area contributed by atoms with Crippen LogP contribution in [0.1, 0.15) is 18.9 Å². The summed E-state index contributed by atoms with van der Waals surface area (Å²) in [4.78, 5) is 22.5. The van der Waals surface area contributed by atoms with Gasteiger partial charge in [0.25, 0.3) is 0 Å². The molecule has 102 valence electrons. The van der Waals surface area contributed by atoms with Gasteiger partial charge in [0, 0.05) is 12.1 Å². The van der Waals surface area contributed by atoms with Gasteiger partial charge >= 0.3 is 11.8 Å². The van der Waals surface area contributed by atoms with Gasteiger partial charge in [0.15, 0.2) is 0 Å². The largest absolute Gasteiger partial charge is 0.348 e. The van der Waals surface area contributed by atoms with E-state index in [-0.39, 0.29) is 0 Å². The summed E-state index contributed by atoms with van der Waals surface area (Å²) in [7, 11) is 0. The van der Waals surface area contributed by atoms with E-state index in [0.29, 0.717) is 22.2 Å². The van der Waals surface area contributed by atoms with Crippen molar-refractivity contribution >= 4 is 41.2 Å². The first kappa shape index (κ1) is 15.5. The molecular weight excluding hydrogens is 289 g/mol. The first-order chi connectivity index (χ1) is 9.06. The zero-order valence-electron chi connectivity index (χ0n) is 10.2. The molecule has 5 nitrogen and oxygen atoms in total. The topological polar surface area (TPSA) is 70.6 Å². The number of nitrogens with one attached hydrogen (secondary N) is 2. The maximum Gasteiger partial charge on any atom is 0.329 e. The van der Waals surface area contributed by atoms with Crippen molar-refractivity contribution in [3.8, 4) is 0 Å². The maximum atomic E-state index is 11.3. The molecule has 19 heavy (non-hydrogen) atoms. The second kappa shape index (κ2) is 7.76. The van der Waals surface area contributed by atoms with Gasteiger partial charge in [0.05, 0.1) is 16.3 Å². The molecule has 0 heterocycles. The van der Waals surface area contributed by atoms with Crippen LogP contribution in [0.4, 0.5) is 0 Å². The van der Waals surface area contributed by atoms with E-state index in [2.05, 4.69) is 15.8 Å². The lowest BCUT2D eigenvalue weighted by Gasteiger charge is -2.02. The van der Waals surface area contributed by atoms with Crippen molar-refractivity contribution < 1.29 is 9.59 Å². The molecule has 0 aromatic heterocycles. The number of hydrogen-bond donors (Lipinski definition) is 2. The third-order valence-electron chi connectivity index (χ3n) is 2.09. The predicted molar refractivity (Wildman–Crippen MR) is 75.5 cm³/mol. The number of nitrogens with zero attached hydrogens (tertiary/aromatic N) is 1. The van der Waals surface area contributed by atoms with E-state index in [1.807, 2.05) is 6.92 Å². The summed E-state index contributed by atoms with van der Waals surface area (Å²) in [6.07, 6.45) is 2.07. The minimum atomic E-state index is -0.831. The number of amides is 2. The highest BCUT2D eigenvalue weighted by Gasteiger charge is 2.10. The van der Waals surface area contributed by atoms with Gasteiger partial charge in [-0.25, -0.2) is 5.43 Å². The molecule has 0 aliphatic heterocycles. The molecule has 0 saturated carbocycles. The van der Waals surface area contributed by atoms with E-state index < -0.39 is 11.8 Å². The molecule has 0 radical (unpaired) electrons. The summed E-state index contributed by atoms with van der Waals surface area (Å²) in [5.74, 6) is -1.56. The van der Waals surface area contributed by atoms with Crippen molar-refractivity contribution in [3.63, 3.8) is 0 Å². The normalized spacial score (nSPS) is 10.5. The van der Waals surface area contributed by atoms with Gasteiger partial charge in [-0.1, -0.05) is 42.3 Å². The number of carbonyl (C=O) groups is 2. The number of benzene rings is 1. The van der Waals surface area contributed by atoms with E-state index in [1.165, 1.54) is 6.21 Å². The molecule has 0 saturated heterocycles. The van der Waals surface area contributed by atoms with Gasteiger partial charge in [-0.3, -0.25) is 9.59 Å². The van der Waals surface area contributed by atoms with Gasteiger partial charge in [-0.2, -0.15) is 5.10 Å². The van der Waals surface area contributed by atoms with Crippen LogP contribution in [0.2, 0.25) is 10.0 Å². The Morgan fingerprint density at radius 2 is 2.05 bits per heavy atom. The minimum Gasteiger partial charge on any atom is -0.348 e. The van der Waals surface area contributed by atoms with Crippen molar-refractivity contribution in [2.24, 2.45) is 5.10 Å². The fraction of sp³-hybridized carbons (Fsp3) is 0.250. The number of halogens is 2. The fourth-order valence-electron chi connectivity index (χ4n) is 1.15. The zero-order chi connectivity index (χ0) is 14.3. The van der Waals surface area contributed by atoms with Crippen molar-refractivity contribution in [3.05, 3.63) is 33.8 Å². The van der Waals surface area contributed by atoms with Crippen LogP contribution in [0, 0.1) is 0 Å². The van der Waals surface area contributed by atoms with Crippen LogP contribution < -0.4 is 10.7 Å². The Balaban J connectivity index is 2.56. The van der Waals surface area contributed by atoms with Crippen molar-refractivity contribution in [2.75, 3.05) is 6.54 Å². The lowest BCUT2D eigenvalue weighted by molar-refractivity contribution is -0.139. The number of hydrogen-bond acceptors (Lipinski definition) is 3. The second-order valence-corrected chi connectivity index (χ2v) is 4.38. The summed E-state index contributed by atoms with van der Waals surface area (Å²) < 4.78 is 0. The maximum absolute atomic E-state index is 11.3. The molecular formula is C12H13Cl2N3O2. The summed E-state index contributed by atoms with van der Waals surface area (Å²) in [5.41, 5.74) is 2.65. The van der Waals surface area contributed by atoms with E-state index in [9.17, 15) is 9.59 Å². The molecule has 0 spiro atoms. The Morgan fingerprint density at radius 1 is 1.32 bits per heavy atom. The van der Waals surface area contributed by atoms with E-state index in [0.717, 1.165) is 6.42 Å². The highest BCUT2D eigenvalue weighted by Crippen LogP contribution is 2.23. The third-order valence-corrected chi connectivity index (χ3v) is 2.93. The van der Waals surface area contributed by atoms with Crippen molar-refractivity contribution in [1.29, 1.82) is 0 Å². The van der Waals surface area contributed by atoms with Crippen LogP contribution in [-0.4, -0.2) is 24.6 Å². The van der Waals surface area contributed by atoms with Gasteiger partial charge in [-0.15, -0.1) is 0 Å². The van der Waals surface area contributed by atoms with Crippen LogP contribution in [0.5, 0.6) is 0 Å². The Kier molecular flexibility index (Phi) is 6.32. The molecule has 0 atom stereocenters. The summed E-state index contributed by atoms with van der Waals surface area (Å²) >= 11 is 11.7. The lowest BCUT2D eigenvalue weighted by atomic mass is 10.2. The van der Waals surface area contributed by atoms with Gasteiger partial charge in [0.1, 0.15) is 0 Å². The van der Waals surface area contributed by atoms with Crippen LogP contribution in [0.15, 0.2) is 23.3 Å². The molecule has 1 rings (SSSR count). The smallest absolute Gasteiger partial charge is 0.329 e. The first-order valence-corrected chi connectivity index (χ1v) is 6.37. The molecule has 0 bridgehead atoms. The fourth-order valence-corrected chi connectivity index (χ4v) is 1.51. The average Bonchev–Trinajstić information content (AvgIpc) is 2.40. The molecule has 1 aromatic carbocycles. The SMILES string of the molecule is CCCNC(=O)C(=O)NN=Cc1cccc(Cl)c1Cl. The first-order valence-electron chi connectivity index (χ1n) is 5.61. The summed E-state index contributed by atoms with van der Waals surface area (Å²) in [5, 5.41) is 6.79. The zero-order valence-corrected chi connectivity index (χ0v) is 11.8. The molecule has 0 fully saturated rings. The number of carbonyl (C=O) groups excluding carboxylic acids is 2. The van der Waals surface area contributed by atoms with Crippen molar-refractivity contribution in [1.82, 2.24) is 10.7 Å². The van der Waals surface area contributed by atoms with Crippen molar-refractivity contribution in [2.45, 2.75) is 13.3 Å². The van der Waals surface area contributed by atoms with E-state index >= 15 is 0 Å². The molecule has 0 unspecified atom stereocenters. The van der Waals surface area contributed by atoms with Crippen LogP contribution >= 0.6 is 23.2 Å². The molecule has 7 heteroatoms. The Bertz CT molecular complexity index is 504. The van der Waals surface area contributed by atoms with Crippen LogP contribution in [-0.2, 0) is 9.59 Å². The molecule has 0 aliphatic carbocycles. The lowest BCUT2D eigenvalue weighted by Crippen LogP contribution is -2.38. The predicted octanol–water partition coefficient (Wildman–Crippen LogP) is 1.97. The third kappa shape index (κ3) is 4.89. The minimum absolute atomic E-state index is 0.331. The number of rotatable bonds is 4. The summed E-state index contributed by atoms with van der Waals surface area (Å²) in [6, 6.07) is 5.02. The highest BCUT2D eigenvalue weighted by molar-refractivity contribution is 6.43. The van der Waals surface area contributed by atoms with Gasteiger partial charge < -0.3 is 5.32 Å². The molecule has 0 aliphatic rings. The standard InChI is InChI=1S/C12H13Cl2N3O2/c1-2-6-15-11(18)12(19)17-16-7-8-4-3-5-9(13)10(8)14/h3-5,7H,2,6H2,1H3,(H,15,18)(H,17,19). The molecule has 1 aromatic rings. The second-order valence-electron chi connectivity index (χ2n) is 3.60. The van der Waals surface area contributed by atoms with E-state index in [4.69, 9.17) is 23.2 Å². The Morgan fingerprint density at radius 3 is 2.74 bits per heavy atom. The van der Waals surface area contributed by atoms with Crippen LogP contribution in [0.25, 0.3) is 0 Å². The average molecular weight is 302 g/mol. The molecule has 2 amide bonds. The number of hydrazone groups is 1. The monoisotopic (exact) mass is 301 g/mol. The van der Waals surface area contributed by atoms with Gasteiger partial charge in [0.2, 0.25) is 0 Å². The summed E-state index contributed by atoms with van der Waals surface area (Å²) in [6.45, 7) is 2.33. The quantitative estimate of drug-likeness (QED) is 0.507. The Labute approximate surface area is 121 Å². The Hall–Kier alpha value is -1.59. The van der Waals surface area contributed by atoms with Gasteiger partial charge in [-0.05, 0) is 12.5 Å². The van der Waals surface area contributed by atoms with Crippen LogP contribution in [0.3, 0.4) is 0 Å². The highest BCUT2D eigenvalue weighted by atomic mass is 35.5. The molecule has 2 N–H and O–H groups in total.